The Kier molecular flexibility index (Phi) is 5.93. The van der Waals surface area contributed by atoms with E-state index in [-0.39, 0.29) is 17.6 Å². The highest BCUT2D eigenvalue weighted by molar-refractivity contribution is 7.99. The summed E-state index contributed by atoms with van der Waals surface area (Å²) >= 11 is 9.18. The van der Waals surface area contributed by atoms with Gasteiger partial charge in [0.1, 0.15) is 0 Å². The number of fused-ring (bicyclic) bond motifs is 1. The molecule has 1 aliphatic rings. The van der Waals surface area contributed by atoms with E-state index in [1.807, 2.05) is 41.3 Å². The summed E-state index contributed by atoms with van der Waals surface area (Å²) in [5.41, 5.74) is 1.72. The van der Waals surface area contributed by atoms with Gasteiger partial charge in [-0.2, -0.15) is 0 Å². The third kappa shape index (κ3) is 4.46. The topological polar surface area (TPSA) is 72.1 Å². The predicted octanol–water partition coefficient (Wildman–Crippen LogP) is 5.50. The maximum atomic E-state index is 12.8. The zero-order chi connectivity index (χ0) is 21.2. The van der Waals surface area contributed by atoms with Crippen molar-refractivity contribution in [3.63, 3.8) is 0 Å². The molecule has 1 atom stereocenters. The van der Waals surface area contributed by atoms with Crippen LogP contribution >= 0.6 is 34.7 Å². The van der Waals surface area contributed by atoms with Gasteiger partial charge in [0, 0.05) is 19.0 Å². The molecule has 0 bridgehead atoms. The van der Waals surface area contributed by atoms with Gasteiger partial charge in [-0.15, -0.1) is 21.5 Å². The Morgan fingerprint density at radius 1 is 1.19 bits per heavy atom. The molecule has 1 fully saturated rings. The predicted molar refractivity (Wildman–Crippen MR) is 124 cm³/mol. The SMILES string of the molecule is O=C(CSc1nnc(-c2ccccc2Cl)o1)N1CCC[C@@H](c2nc3ccccc3s2)C1. The van der Waals surface area contributed by atoms with Crippen LogP contribution in [0.2, 0.25) is 5.02 Å². The number of thiazole rings is 1. The van der Waals surface area contributed by atoms with Crippen LogP contribution in [0.4, 0.5) is 0 Å². The van der Waals surface area contributed by atoms with E-state index >= 15 is 0 Å². The Morgan fingerprint density at radius 3 is 2.90 bits per heavy atom. The van der Waals surface area contributed by atoms with Crippen molar-refractivity contribution in [3.05, 3.63) is 58.6 Å². The Balaban J connectivity index is 1.21. The molecule has 0 N–H and O–H groups in total. The van der Waals surface area contributed by atoms with Crippen LogP contribution in [-0.4, -0.2) is 44.8 Å². The second-order valence-electron chi connectivity index (χ2n) is 7.34. The van der Waals surface area contributed by atoms with Crippen molar-refractivity contribution in [1.29, 1.82) is 0 Å². The van der Waals surface area contributed by atoms with Gasteiger partial charge < -0.3 is 9.32 Å². The highest BCUT2D eigenvalue weighted by Crippen LogP contribution is 2.33. The van der Waals surface area contributed by atoms with Crippen LogP contribution in [0.5, 0.6) is 0 Å². The van der Waals surface area contributed by atoms with Gasteiger partial charge in [-0.25, -0.2) is 4.98 Å². The number of rotatable bonds is 5. The molecule has 0 saturated carbocycles. The molecule has 1 saturated heterocycles. The number of likely N-dealkylation sites (tertiary alicyclic amines) is 1. The van der Waals surface area contributed by atoms with Crippen LogP contribution in [0.3, 0.4) is 0 Å². The number of hydrogen-bond donors (Lipinski definition) is 0. The Morgan fingerprint density at radius 2 is 2.03 bits per heavy atom. The minimum Gasteiger partial charge on any atom is -0.411 e. The second kappa shape index (κ2) is 8.98. The summed E-state index contributed by atoms with van der Waals surface area (Å²) < 4.78 is 6.89. The third-order valence-electron chi connectivity index (χ3n) is 5.26. The number of benzene rings is 2. The average Bonchev–Trinajstić information content (AvgIpc) is 3.45. The second-order valence-corrected chi connectivity index (χ2v) is 9.74. The maximum Gasteiger partial charge on any atom is 0.277 e. The van der Waals surface area contributed by atoms with Crippen molar-refractivity contribution in [2.24, 2.45) is 0 Å². The molecule has 0 radical (unpaired) electrons. The van der Waals surface area contributed by atoms with Gasteiger partial charge >= 0.3 is 0 Å². The van der Waals surface area contributed by atoms with E-state index in [1.54, 1.807) is 17.4 Å². The molecule has 9 heteroatoms. The van der Waals surface area contributed by atoms with E-state index in [0.717, 1.165) is 29.9 Å². The molecule has 6 nitrogen and oxygen atoms in total. The Labute approximate surface area is 192 Å². The van der Waals surface area contributed by atoms with Gasteiger partial charge in [0.15, 0.2) is 0 Å². The van der Waals surface area contributed by atoms with Gasteiger partial charge in [-0.1, -0.05) is 47.6 Å². The van der Waals surface area contributed by atoms with Gasteiger partial charge in [0.05, 0.1) is 31.6 Å². The lowest BCUT2D eigenvalue weighted by Gasteiger charge is -2.31. The summed E-state index contributed by atoms with van der Waals surface area (Å²) in [7, 11) is 0. The van der Waals surface area contributed by atoms with Gasteiger partial charge in [-0.05, 0) is 37.1 Å². The molecule has 5 rings (SSSR count). The number of amides is 1. The first-order chi connectivity index (χ1) is 15.2. The number of aromatic nitrogens is 3. The molecular formula is C22H19ClN4O2S2. The number of thioether (sulfide) groups is 1. The fourth-order valence-electron chi connectivity index (χ4n) is 3.70. The van der Waals surface area contributed by atoms with E-state index in [9.17, 15) is 4.79 Å². The van der Waals surface area contributed by atoms with Gasteiger partial charge in [0.2, 0.25) is 11.8 Å². The summed E-state index contributed by atoms with van der Waals surface area (Å²) in [6.45, 7) is 1.48. The van der Waals surface area contributed by atoms with Crippen molar-refractivity contribution >= 4 is 50.8 Å². The molecular weight excluding hydrogens is 452 g/mol. The number of para-hydroxylation sites is 1. The van der Waals surface area contributed by atoms with Crippen LogP contribution in [-0.2, 0) is 4.79 Å². The third-order valence-corrected chi connectivity index (χ3v) is 7.60. The summed E-state index contributed by atoms with van der Waals surface area (Å²) in [6.07, 6.45) is 2.04. The van der Waals surface area contributed by atoms with Crippen LogP contribution in [0.1, 0.15) is 23.8 Å². The summed E-state index contributed by atoms with van der Waals surface area (Å²) in [5.74, 6) is 0.981. The van der Waals surface area contributed by atoms with Crippen molar-refractivity contribution in [1.82, 2.24) is 20.1 Å². The number of piperidine rings is 1. The summed E-state index contributed by atoms with van der Waals surface area (Å²) in [4.78, 5) is 19.6. The highest BCUT2D eigenvalue weighted by atomic mass is 35.5. The molecule has 0 spiro atoms. The minimum absolute atomic E-state index is 0.0771. The van der Waals surface area contributed by atoms with Crippen molar-refractivity contribution in [2.75, 3.05) is 18.8 Å². The van der Waals surface area contributed by atoms with Crippen molar-refractivity contribution in [2.45, 2.75) is 24.0 Å². The molecule has 31 heavy (non-hydrogen) atoms. The van der Waals surface area contributed by atoms with Gasteiger partial charge in [0.25, 0.3) is 5.22 Å². The van der Waals surface area contributed by atoms with E-state index in [0.29, 0.717) is 28.2 Å². The van der Waals surface area contributed by atoms with Crippen LogP contribution in [0.25, 0.3) is 21.7 Å². The monoisotopic (exact) mass is 470 g/mol. The number of hydrogen-bond acceptors (Lipinski definition) is 7. The normalized spacial score (nSPS) is 16.7. The Bertz CT molecular complexity index is 1190. The lowest BCUT2D eigenvalue weighted by Crippen LogP contribution is -2.40. The lowest BCUT2D eigenvalue weighted by atomic mass is 9.99. The highest BCUT2D eigenvalue weighted by Gasteiger charge is 2.27. The fourth-order valence-corrected chi connectivity index (χ4v) is 5.67. The first-order valence-corrected chi connectivity index (χ1v) is 12.2. The molecule has 3 heterocycles. The van der Waals surface area contributed by atoms with E-state index < -0.39 is 0 Å². The summed E-state index contributed by atoms with van der Waals surface area (Å²) in [6, 6.07) is 15.5. The first-order valence-electron chi connectivity index (χ1n) is 10.0. The molecule has 1 amide bonds. The molecule has 2 aromatic heterocycles. The summed E-state index contributed by atoms with van der Waals surface area (Å²) in [5, 5.41) is 10.1. The molecule has 2 aromatic carbocycles. The van der Waals surface area contributed by atoms with Crippen molar-refractivity contribution in [3.8, 4) is 11.5 Å². The smallest absolute Gasteiger partial charge is 0.277 e. The van der Waals surface area contributed by atoms with E-state index in [4.69, 9.17) is 21.0 Å². The van der Waals surface area contributed by atoms with E-state index in [2.05, 4.69) is 16.3 Å². The first kappa shape index (κ1) is 20.5. The zero-order valence-electron chi connectivity index (χ0n) is 16.5. The minimum atomic E-state index is 0.0771. The average molecular weight is 471 g/mol. The van der Waals surface area contributed by atoms with E-state index in [1.165, 1.54) is 16.5 Å². The quantitative estimate of drug-likeness (QED) is 0.359. The number of carbonyl (C=O) groups excluding carboxylic acids is 1. The maximum absolute atomic E-state index is 12.8. The van der Waals surface area contributed by atoms with Crippen LogP contribution < -0.4 is 0 Å². The van der Waals surface area contributed by atoms with Crippen LogP contribution in [0, 0.1) is 0 Å². The molecule has 158 valence electrons. The van der Waals surface area contributed by atoms with Crippen molar-refractivity contribution < 1.29 is 9.21 Å². The number of halogens is 1. The molecule has 0 unspecified atom stereocenters. The largest absolute Gasteiger partial charge is 0.411 e. The lowest BCUT2D eigenvalue weighted by molar-refractivity contribution is -0.129. The molecule has 1 aliphatic heterocycles. The fraction of sp³-hybridized carbons (Fsp3) is 0.273. The Hall–Kier alpha value is -2.42. The number of nitrogens with zero attached hydrogens (tertiary/aromatic N) is 4. The van der Waals surface area contributed by atoms with Crippen LogP contribution in [0.15, 0.2) is 58.2 Å². The standard InChI is InChI=1S/C22H19ClN4O2S2/c23-16-8-2-1-7-15(16)20-25-26-22(29-20)30-13-19(28)27-11-5-6-14(12-27)21-24-17-9-3-4-10-18(17)31-21/h1-4,7-10,14H,5-6,11-13H2/t14-/m1/s1. The number of carbonyl (C=O) groups is 1. The van der Waals surface area contributed by atoms with Gasteiger partial charge in [-0.3, -0.25) is 4.79 Å². The molecule has 4 aromatic rings. The molecule has 0 aliphatic carbocycles. The zero-order valence-corrected chi connectivity index (χ0v) is 18.9.